The Kier molecular flexibility index (Phi) is 6.01. The summed E-state index contributed by atoms with van der Waals surface area (Å²) < 4.78 is 34.0. The molecule has 1 atom stereocenters. The molecule has 2 aromatic carbocycles. The predicted octanol–water partition coefficient (Wildman–Crippen LogP) is 5.11. The van der Waals surface area contributed by atoms with Crippen molar-refractivity contribution in [1.82, 2.24) is 9.62 Å². The molecule has 0 saturated carbocycles. The van der Waals surface area contributed by atoms with Crippen LogP contribution in [0.2, 0.25) is 0 Å². The van der Waals surface area contributed by atoms with Crippen LogP contribution < -0.4 is 5.32 Å². The van der Waals surface area contributed by atoms with Crippen LogP contribution in [-0.4, -0.2) is 31.7 Å². The maximum Gasteiger partial charge on any atom is 0.287 e. The van der Waals surface area contributed by atoms with Crippen molar-refractivity contribution in [3.63, 3.8) is 0 Å². The molecule has 1 aromatic heterocycles. The van der Waals surface area contributed by atoms with Crippen LogP contribution in [-0.2, 0) is 16.4 Å². The van der Waals surface area contributed by atoms with E-state index >= 15 is 0 Å². The van der Waals surface area contributed by atoms with Gasteiger partial charge < -0.3 is 9.73 Å². The molecule has 1 fully saturated rings. The molecule has 5 rings (SSSR count). The minimum absolute atomic E-state index is 0.0472. The standard InChI is InChI=1S/C26H30N2O4S/c1-18-22-17-20(33(30,31)28-15-6-2-3-7-16-28)13-14-24(22)32-25(18)26(29)27-23-12-8-10-19-9-4-5-11-21(19)23/h4-5,9,11,13-14,17,23H,2-3,6-8,10,12,15-16H2,1H3,(H,27,29)/t23-/m1/s1. The number of carbonyl (C=O) groups is 1. The molecule has 33 heavy (non-hydrogen) atoms. The van der Waals surface area contributed by atoms with Crippen LogP contribution in [0.3, 0.4) is 0 Å². The van der Waals surface area contributed by atoms with Gasteiger partial charge in [-0.3, -0.25) is 4.79 Å². The van der Waals surface area contributed by atoms with Crippen molar-refractivity contribution in [3.05, 3.63) is 64.9 Å². The SMILES string of the molecule is Cc1c(C(=O)N[C@@H]2CCCc3ccccc32)oc2ccc(S(=O)(=O)N3CCCCCC3)cc12. The Hall–Kier alpha value is -2.64. The predicted molar refractivity (Wildman–Crippen MR) is 128 cm³/mol. The van der Waals surface area contributed by atoms with Gasteiger partial charge in [0, 0.05) is 24.0 Å². The van der Waals surface area contributed by atoms with E-state index in [2.05, 4.69) is 17.4 Å². The summed E-state index contributed by atoms with van der Waals surface area (Å²) in [5.41, 5.74) is 3.63. The Morgan fingerprint density at radius 2 is 1.79 bits per heavy atom. The summed E-state index contributed by atoms with van der Waals surface area (Å²) in [4.78, 5) is 13.4. The van der Waals surface area contributed by atoms with Gasteiger partial charge in [0.1, 0.15) is 5.58 Å². The average molecular weight is 467 g/mol. The monoisotopic (exact) mass is 466 g/mol. The van der Waals surface area contributed by atoms with Crippen molar-refractivity contribution in [2.75, 3.05) is 13.1 Å². The average Bonchev–Trinajstić information content (AvgIpc) is 2.98. The summed E-state index contributed by atoms with van der Waals surface area (Å²) in [5, 5.41) is 3.80. The highest BCUT2D eigenvalue weighted by atomic mass is 32.2. The normalized spacial score (nSPS) is 19.7. The molecule has 0 radical (unpaired) electrons. The zero-order chi connectivity index (χ0) is 23.0. The first-order valence-electron chi connectivity index (χ1n) is 11.9. The van der Waals surface area contributed by atoms with E-state index in [1.807, 2.05) is 19.1 Å². The molecule has 3 aromatic rings. The summed E-state index contributed by atoms with van der Waals surface area (Å²) in [7, 11) is -3.57. The fourth-order valence-electron chi connectivity index (χ4n) is 5.14. The number of amides is 1. The van der Waals surface area contributed by atoms with E-state index in [0.29, 0.717) is 29.6 Å². The molecule has 174 valence electrons. The Morgan fingerprint density at radius 3 is 2.58 bits per heavy atom. The summed E-state index contributed by atoms with van der Waals surface area (Å²) in [6.45, 7) is 2.93. The third-order valence-electron chi connectivity index (χ3n) is 6.99. The molecular formula is C26H30N2O4S. The van der Waals surface area contributed by atoms with Gasteiger partial charge in [-0.1, -0.05) is 37.1 Å². The molecule has 7 heteroatoms. The van der Waals surface area contributed by atoms with E-state index in [9.17, 15) is 13.2 Å². The number of fused-ring (bicyclic) bond motifs is 2. The number of rotatable bonds is 4. The largest absolute Gasteiger partial charge is 0.451 e. The van der Waals surface area contributed by atoms with Crippen LogP contribution in [0.5, 0.6) is 0 Å². The lowest BCUT2D eigenvalue weighted by molar-refractivity contribution is 0.0906. The van der Waals surface area contributed by atoms with Crippen LogP contribution in [0.15, 0.2) is 51.8 Å². The Balaban J connectivity index is 1.43. The van der Waals surface area contributed by atoms with Gasteiger partial charge in [0.05, 0.1) is 10.9 Å². The van der Waals surface area contributed by atoms with Crippen molar-refractivity contribution in [3.8, 4) is 0 Å². The molecule has 1 aliphatic heterocycles. The zero-order valence-corrected chi connectivity index (χ0v) is 19.8. The van der Waals surface area contributed by atoms with Gasteiger partial charge in [-0.2, -0.15) is 4.31 Å². The minimum Gasteiger partial charge on any atom is -0.451 e. The highest BCUT2D eigenvalue weighted by molar-refractivity contribution is 7.89. The van der Waals surface area contributed by atoms with E-state index in [-0.39, 0.29) is 22.6 Å². The first-order valence-corrected chi connectivity index (χ1v) is 13.3. The van der Waals surface area contributed by atoms with Gasteiger partial charge in [0.25, 0.3) is 5.91 Å². The lowest BCUT2D eigenvalue weighted by Crippen LogP contribution is -2.31. The Morgan fingerprint density at radius 1 is 1.03 bits per heavy atom. The van der Waals surface area contributed by atoms with Crippen molar-refractivity contribution < 1.29 is 17.6 Å². The summed E-state index contributed by atoms with van der Waals surface area (Å²) >= 11 is 0. The molecule has 1 aliphatic carbocycles. The maximum absolute atomic E-state index is 13.2. The fourth-order valence-corrected chi connectivity index (χ4v) is 6.68. The molecular weight excluding hydrogens is 436 g/mol. The molecule has 2 heterocycles. The number of furan rings is 1. The van der Waals surface area contributed by atoms with Crippen LogP contribution in [0.4, 0.5) is 0 Å². The van der Waals surface area contributed by atoms with E-state index in [1.54, 1.807) is 22.5 Å². The van der Waals surface area contributed by atoms with Gasteiger partial charge in [-0.05, 0) is 68.4 Å². The van der Waals surface area contributed by atoms with E-state index < -0.39 is 10.0 Å². The molecule has 0 bridgehead atoms. The smallest absolute Gasteiger partial charge is 0.287 e. The van der Waals surface area contributed by atoms with Crippen LogP contribution in [0.25, 0.3) is 11.0 Å². The van der Waals surface area contributed by atoms with Crippen LogP contribution in [0, 0.1) is 6.92 Å². The van der Waals surface area contributed by atoms with E-state index in [4.69, 9.17) is 4.42 Å². The fraction of sp³-hybridized carbons (Fsp3) is 0.423. The maximum atomic E-state index is 13.2. The molecule has 0 spiro atoms. The number of hydrogen-bond donors (Lipinski definition) is 1. The van der Waals surface area contributed by atoms with Gasteiger partial charge in [-0.15, -0.1) is 0 Å². The molecule has 1 N–H and O–H groups in total. The second-order valence-electron chi connectivity index (χ2n) is 9.15. The summed E-state index contributed by atoms with van der Waals surface area (Å²) in [5.74, 6) is -0.0142. The quantitative estimate of drug-likeness (QED) is 0.579. The number of nitrogens with zero attached hydrogens (tertiary/aromatic N) is 1. The van der Waals surface area contributed by atoms with Crippen molar-refractivity contribution in [2.45, 2.75) is 62.8 Å². The van der Waals surface area contributed by atoms with Crippen molar-refractivity contribution in [1.29, 1.82) is 0 Å². The topological polar surface area (TPSA) is 79.6 Å². The molecule has 6 nitrogen and oxygen atoms in total. The second kappa shape index (κ2) is 8.95. The summed E-state index contributed by atoms with van der Waals surface area (Å²) in [6.07, 6.45) is 6.85. The first-order chi connectivity index (χ1) is 15.9. The highest BCUT2D eigenvalue weighted by Gasteiger charge is 2.28. The van der Waals surface area contributed by atoms with Gasteiger partial charge in [-0.25, -0.2) is 8.42 Å². The van der Waals surface area contributed by atoms with Crippen LogP contribution >= 0.6 is 0 Å². The first kappa shape index (κ1) is 22.2. The second-order valence-corrected chi connectivity index (χ2v) is 11.1. The van der Waals surface area contributed by atoms with Crippen LogP contribution in [0.1, 0.15) is 71.8 Å². The molecule has 0 unspecified atom stereocenters. The van der Waals surface area contributed by atoms with Gasteiger partial charge in [0.15, 0.2) is 5.76 Å². The number of aryl methyl sites for hydroxylation is 2. The van der Waals surface area contributed by atoms with Crippen molar-refractivity contribution >= 4 is 26.9 Å². The van der Waals surface area contributed by atoms with E-state index in [1.165, 1.54) is 5.56 Å². The molecule has 2 aliphatic rings. The number of carbonyl (C=O) groups excluding carboxylic acids is 1. The lowest BCUT2D eigenvalue weighted by atomic mass is 9.87. The molecule has 1 saturated heterocycles. The Bertz CT molecular complexity index is 1290. The van der Waals surface area contributed by atoms with Crippen molar-refractivity contribution in [2.24, 2.45) is 0 Å². The molecule has 1 amide bonds. The van der Waals surface area contributed by atoms with E-state index in [0.717, 1.165) is 50.5 Å². The lowest BCUT2D eigenvalue weighted by Gasteiger charge is -2.26. The third kappa shape index (κ3) is 4.20. The number of hydrogen-bond acceptors (Lipinski definition) is 4. The minimum atomic E-state index is -3.57. The number of nitrogens with one attached hydrogen (secondary N) is 1. The number of benzene rings is 2. The number of sulfonamides is 1. The van der Waals surface area contributed by atoms with Gasteiger partial charge in [0.2, 0.25) is 10.0 Å². The van der Waals surface area contributed by atoms with Gasteiger partial charge >= 0.3 is 0 Å². The zero-order valence-electron chi connectivity index (χ0n) is 19.0. The third-order valence-corrected chi connectivity index (χ3v) is 8.89. The Labute approximate surface area is 195 Å². The highest BCUT2D eigenvalue weighted by Crippen LogP contribution is 2.32. The summed E-state index contributed by atoms with van der Waals surface area (Å²) in [6, 6.07) is 13.1.